The molecule has 0 spiro atoms. The maximum atomic E-state index is 12.2. The molecule has 1 fully saturated rings. The first-order valence-electron chi connectivity index (χ1n) is 9.06. The van der Waals surface area contributed by atoms with Gasteiger partial charge in [0.05, 0.1) is 4.88 Å². The zero-order chi connectivity index (χ0) is 19.2. The van der Waals surface area contributed by atoms with Gasteiger partial charge in [0, 0.05) is 30.3 Å². The van der Waals surface area contributed by atoms with E-state index in [0.29, 0.717) is 35.6 Å². The van der Waals surface area contributed by atoms with Gasteiger partial charge in [-0.05, 0) is 55.3 Å². The Balaban J connectivity index is 1.44. The maximum Gasteiger partial charge on any atom is 0.261 e. The number of carbonyl (C=O) groups is 3. The number of benzene rings is 1. The van der Waals surface area contributed by atoms with Gasteiger partial charge in [0.25, 0.3) is 5.91 Å². The molecule has 142 valence electrons. The third-order valence-corrected chi connectivity index (χ3v) is 5.21. The fraction of sp³-hybridized carbons (Fsp3) is 0.350. The Bertz CT molecular complexity index is 829. The van der Waals surface area contributed by atoms with Crippen LogP contribution in [-0.2, 0) is 9.59 Å². The molecule has 27 heavy (non-hydrogen) atoms. The summed E-state index contributed by atoms with van der Waals surface area (Å²) in [4.78, 5) is 36.6. The van der Waals surface area contributed by atoms with Gasteiger partial charge in [-0.1, -0.05) is 12.1 Å². The SMILES string of the molecule is Cc1ccc(NC(=O)C2CC2)cc1NC(=O)CCCNC(=O)c1cccs1. The molecule has 1 aliphatic rings. The fourth-order valence-corrected chi connectivity index (χ4v) is 3.22. The Morgan fingerprint density at radius 3 is 2.67 bits per heavy atom. The van der Waals surface area contributed by atoms with Crippen molar-refractivity contribution in [3.05, 3.63) is 46.2 Å². The summed E-state index contributed by atoms with van der Waals surface area (Å²) in [6, 6.07) is 9.10. The van der Waals surface area contributed by atoms with Crippen molar-refractivity contribution in [1.82, 2.24) is 5.32 Å². The van der Waals surface area contributed by atoms with Crippen molar-refractivity contribution in [2.75, 3.05) is 17.2 Å². The summed E-state index contributed by atoms with van der Waals surface area (Å²) in [6.07, 6.45) is 2.76. The number of rotatable bonds is 8. The van der Waals surface area contributed by atoms with Crippen molar-refractivity contribution in [3.8, 4) is 0 Å². The first-order valence-corrected chi connectivity index (χ1v) is 9.94. The molecule has 2 aromatic rings. The summed E-state index contributed by atoms with van der Waals surface area (Å²) in [6.45, 7) is 2.35. The summed E-state index contributed by atoms with van der Waals surface area (Å²) in [5.41, 5.74) is 2.31. The van der Waals surface area contributed by atoms with Crippen LogP contribution in [0, 0.1) is 12.8 Å². The molecule has 1 aromatic carbocycles. The molecule has 1 aliphatic carbocycles. The lowest BCUT2D eigenvalue weighted by atomic mass is 10.1. The van der Waals surface area contributed by atoms with Gasteiger partial charge in [-0.2, -0.15) is 0 Å². The van der Waals surface area contributed by atoms with Gasteiger partial charge in [-0.3, -0.25) is 14.4 Å². The smallest absolute Gasteiger partial charge is 0.261 e. The van der Waals surface area contributed by atoms with Gasteiger partial charge >= 0.3 is 0 Å². The van der Waals surface area contributed by atoms with E-state index in [0.717, 1.165) is 18.4 Å². The number of carbonyl (C=O) groups excluding carboxylic acids is 3. The number of nitrogens with one attached hydrogen (secondary N) is 3. The van der Waals surface area contributed by atoms with E-state index in [4.69, 9.17) is 0 Å². The standard InChI is InChI=1S/C20H23N3O3S/c1-13-6-9-15(22-19(25)14-7-8-14)12-16(13)23-18(24)5-2-10-21-20(26)17-4-3-11-27-17/h3-4,6,9,11-12,14H,2,5,7-8,10H2,1H3,(H,21,26)(H,22,25)(H,23,24). The second kappa shape index (κ2) is 8.81. The zero-order valence-electron chi connectivity index (χ0n) is 15.2. The predicted molar refractivity (Wildman–Crippen MR) is 107 cm³/mol. The van der Waals surface area contributed by atoms with E-state index in [9.17, 15) is 14.4 Å². The first-order chi connectivity index (χ1) is 13.0. The quantitative estimate of drug-likeness (QED) is 0.607. The number of anilines is 2. The van der Waals surface area contributed by atoms with E-state index in [2.05, 4.69) is 16.0 Å². The molecular weight excluding hydrogens is 362 g/mol. The van der Waals surface area contributed by atoms with Crippen LogP contribution in [0.15, 0.2) is 35.7 Å². The van der Waals surface area contributed by atoms with E-state index in [-0.39, 0.29) is 23.6 Å². The van der Waals surface area contributed by atoms with Crippen LogP contribution < -0.4 is 16.0 Å². The molecule has 0 saturated heterocycles. The lowest BCUT2D eigenvalue weighted by Crippen LogP contribution is -2.24. The molecule has 7 heteroatoms. The molecule has 3 N–H and O–H groups in total. The molecule has 6 nitrogen and oxygen atoms in total. The minimum Gasteiger partial charge on any atom is -0.351 e. The lowest BCUT2D eigenvalue weighted by molar-refractivity contribution is -0.117. The van der Waals surface area contributed by atoms with Gasteiger partial charge in [0.15, 0.2) is 0 Å². The van der Waals surface area contributed by atoms with Crippen molar-refractivity contribution in [1.29, 1.82) is 0 Å². The maximum absolute atomic E-state index is 12.2. The highest BCUT2D eigenvalue weighted by Gasteiger charge is 2.29. The summed E-state index contributed by atoms with van der Waals surface area (Å²) in [7, 11) is 0. The number of hydrogen-bond acceptors (Lipinski definition) is 4. The molecule has 3 rings (SSSR count). The second-order valence-corrected chi connectivity index (χ2v) is 7.63. The molecular formula is C20H23N3O3S. The fourth-order valence-electron chi connectivity index (χ4n) is 2.58. The molecule has 0 atom stereocenters. The average molecular weight is 385 g/mol. The van der Waals surface area contributed by atoms with Gasteiger partial charge in [-0.25, -0.2) is 0 Å². The summed E-state index contributed by atoms with van der Waals surface area (Å²) in [5, 5.41) is 10.4. The Labute approximate surface area is 162 Å². The van der Waals surface area contributed by atoms with E-state index in [1.807, 2.05) is 30.5 Å². The van der Waals surface area contributed by atoms with E-state index >= 15 is 0 Å². The predicted octanol–water partition coefficient (Wildman–Crippen LogP) is 3.55. The van der Waals surface area contributed by atoms with Crippen LogP contribution in [0.3, 0.4) is 0 Å². The van der Waals surface area contributed by atoms with Crippen molar-refractivity contribution in [3.63, 3.8) is 0 Å². The molecule has 0 aliphatic heterocycles. The summed E-state index contributed by atoms with van der Waals surface area (Å²) in [5.74, 6) is -0.0548. The van der Waals surface area contributed by atoms with Crippen LogP contribution in [0.1, 0.15) is 40.9 Å². The molecule has 3 amide bonds. The second-order valence-electron chi connectivity index (χ2n) is 6.68. The van der Waals surface area contributed by atoms with E-state index < -0.39 is 0 Å². The molecule has 0 unspecified atom stereocenters. The lowest BCUT2D eigenvalue weighted by Gasteiger charge is -2.12. The van der Waals surface area contributed by atoms with Crippen LogP contribution in [0.5, 0.6) is 0 Å². The van der Waals surface area contributed by atoms with Crippen LogP contribution >= 0.6 is 11.3 Å². The van der Waals surface area contributed by atoms with Crippen LogP contribution in [-0.4, -0.2) is 24.3 Å². The minimum atomic E-state index is -0.117. The zero-order valence-corrected chi connectivity index (χ0v) is 16.0. The minimum absolute atomic E-state index is 0.0395. The van der Waals surface area contributed by atoms with Crippen molar-refractivity contribution in [2.24, 2.45) is 5.92 Å². The first kappa shape index (κ1) is 19.1. The van der Waals surface area contributed by atoms with Crippen molar-refractivity contribution in [2.45, 2.75) is 32.6 Å². The van der Waals surface area contributed by atoms with Crippen LogP contribution in [0.25, 0.3) is 0 Å². The van der Waals surface area contributed by atoms with Crippen molar-refractivity contribution < 1.29 is 14.4 Å². The number of aryl methyl sites for hydroxylation is 1. The third kappa shape index (κ3) is 5.65. The molecule has 1 saturated carbocycles. The van der Waals surface area contributed by atoms with Crippen LogP contribution in [0.2, 0.25) is 0 Å². The highest BCUT2D eigenvalue weighted by molar-refractivity contribution is 7.12. The Morgan fingerprint density at radius 1 is 1.15 bits per heavy atom. The Morgan fingerprint density at radius 2 is 1.96 bits per heavy atom. The molecule has 0 bridgehead atoms. The third-order valence-electron chi connectivity index (χ3n) is 4.34. The topological polar surface area (TPSA) is 87.3 Å². The Kier molecular flexibility index (Phi) is 6.24. The summed E-state index contributed by atoms with van der Waals surface area (Å²) < 4.78 is 0. The van der Waals surface area contributed by atoms with Crippen molar-refractivity contribution >= 4 is 40.4 Å². The Hall–Kier alpha value is -2.67. The van der Waals surface area contributed by atoms with E-state index in [1.54, 1.807) is 12.1 Å². The van der Waals surface area contributed by atoms with E-state index in [1.165, 1.54) is 11.3 Å². The number of amides is 3. The molecule has 1 heterocycles. The van der Waals surface area contributed by atoms with Gasteiger partial charge in [-0.15, -0.1) is 11.3 Å². The monoisotopic (exact) mass is 385 g/mol. The number of hydrogen-bond donors (Lipinski definition) is 3. The summed E-state index contributed by atoms with van der Waals surface area (Å²) >= 11 is 1.39. The largest absolute Gasteiger partial charge is 0.351 e. The highest BCUT2D eigenvalue weighted by Crippen LogP contribution is 2.30. The van der Waals surface area contributed by atoms with Crippen LogP contribution in [0.4, 0.5) is 11.4 Å². The average Bonchev–Trinajstić information content (AvgIpc) is 3.36. The van der Waals surface area contributed by atoms with Gasteiger partial charge < -0.3 is 16.0 Å². The number of thiophene rings is 1. The highest BCUT2D eigenvalue weighted by atomic mass is 32.1. The normalized spacial score (nSPS) is 13.1. The molecule has 0 radical (unpaired) electrons. The van der Waals surface area contributed by atoms with Gasteiger partial charge in [0.2, 0.25) is 11.8 Å². The van der Waals surface area contributed by atoms with Gasteiger partial charge in [0.1, 0.15) is 0 Å². The molecule has 1 aromatic heterocycles.